The summed E-state index contributed by atoms with van der Waals surface area (Å²) in [5.74, 6) is 1.18. The summed E-state index contributed by atoms with van der Waals surface area (Å²) in [5, 5.41) is 10.5. The Labute approximate surface area is 149 Å². The van der Waals surface area contributed by atoms with Crippen LogP contribution >= 0.6 is 0 Å². The lowest BCUT2D eigenvalue weighted by molar-refractivity contribution is -0.134. The van der Waals surface area contributed by atoms with E-state index in [1.54, 1.807) is 12.4 Å². The van der Waals surface area contributed by atoms with Gasteiger partial charge in [0.25, 0.3) is 0 Å². The average Bonchev–Trinajstić information content (AvgIpc) is 3.05. The first-order valence-corrected chi connectivity index (χ1v) is 8.62. The van der Waals surface area contributed by atoms with E-state index in [1.807, 2.05) is 16.5 Å². The van der Waals surface area contributed by atoms with Crippen LogP contribution in [0.4, 0.5) is 19.1 Å². The third kappa shape index (κ3) is 4.51. The van der Waals surface area contributed by atoms with E-state index in [9.17, 15) is 18.3 Å². The van der Waals surface area contributed by atoms with Crippen LogP contribution in [-0.4, -0.2) is 43.9 Å². The number of hydrogen-bond donors (Lipinski definition) is 1. The van der Waals surface area contributed by atoms with Gasteiger partial charge in [0.2, 0.25) is 5.95 Å². The van der Waals surface area contributed by atoms with Gasteiger partial charge in [0.15, 0.2) is 0 Å². The molecule has 3 heterocycles. The first-order valence-electron chi connectivity index (χ1n) is 8.62. The highest BCUT2D eigenvalue weighted by Crippen LogP contribution is 2.31. The van der Waals surface area contributed by atoms with Crippen molar-refractivity contribution in [2.75, 3.05) is 18.0 Å². The lowest BCUT2D eigenvalue weighted by atomic mass is 9.91. The largest absolute Gasteiger partial charge is 0.389 e. The summed E-state index contributed by atoms with van der Waals surface area (Å²) in [7, 11) is 1.85. The summed E-state index contributed by atoms with van der Waals surface area (Å²) >= 11 is 0. The fourth-order valence-electron chi connectivity index (χ4n) is 3.23. The van der Waals surface area contributed by atoms with E-state index in [2.05, 4.69) is 15.0 Å². The van der Waals surface area contributed by atoms with Gasteiger partial charge in [-0.15, -0.1) is 0 Å². The maximum Gasteiger partial charge on any atom is 0.389 e. The monoisotopic (exact) mass is 369 g/mol. The van der Waals surface area contributed by atoms with Gasteiger partial charge >= 0.3 is 6.18 Å². The first kappa shape index (κ1) is 18.6. The Morgan fingerprint density at radius 3 is 2.58 bits per heavy atom. The van der Waals surface area contributed by atoms with Crippen LogP contribution in [-0.2, 0) is 13.5 Å². The second kappa shape index (κ2) is 7.61. The summed E-state index contributed by atoms with van der Waals surface area (Å²) in [6, 6.07) is 1.52. The third-order valence-corrected chi connectivity index (χ3v) is 4.76. The van der Waals surface area contributed by atoms with Gasteiger partial charge in [-0.3, -0.25) is 0 Å². The number of imidazole rings is 1. The predicted octanol–water partition coefficient (Wildman–Crippen LogP) is 2.66. The lowest BCUT2D eigenvalue weighted by Gasteiger charge is -2.34. The molecule has 1 saturated heterocycles. The Kier molecular flexibility index (Phi) is 5.45. The van der Waals surface area contributed by atoms with Crippen molar-refractivity contribution in [2.24, 2.45) is 13.0 Å². The summed E-state index contributed by atoms with van der Waals surface area (Å²) < 4.78 is 38.9. The van der Waals surface area contributed by atoms with Gasteiger partial charge in [-0.1, -0.05) is 0 Å². The Bertz CT molecular complexity index is 725. The van der Waals surface area contributed by atoms with Gasteiger partial charge in [0.05, 0.1) is 0 Å². The predicted molar refractivity (Wildman–Crippen MR) is 89.5 cm³/mol. The molecule has 6 nitrogen and oxygen atoms in total. The summed E-state index contributed by atoms with van der Waals surface area (Å²) in [4.78, 5) is 14.6. The second-order valence-corrected chi connectivity index (χ2v) is 6.63. The number of aliphatic hydroxyl groups excluding tert-OH is 1. The molecule has 2 aromatic heterocycles. The third-order valence-electron chi connectivity index (χ3n) is 4.76. The van der Waals surface area contributed by atoms with Crippen molar-refractivity contribution in [2.45, 2.75) is 38.0 Å². The van der Waals surface area contributed by atoms with Gasteiger partial charge in [-0.25, -0.2) is 15.0 Å². The van der Waals surface area contributed by atoms with Crippen LogP contribution in [0.5, 0.6) is 0 Å². The SMILES string of the molecule is Cn1ccnc1[C@@H](O)C1CCN(c2nccc(CCC(F)(F)F)n2)CC1. The van der Waals surface area contributed by atoms with Gasteiger partial charge in [0.1, 0.15) is 11.9 Å². The van der Waals surface area contributed by atoms with Crippen molar-refractivity contribution < 1.29 is 18.3 Å². The van der Waals surface area contributed by atoms with Crippen LogP contribution in [0.15, 0.2) is 24.7 Å². The highest BCUT2D eigenvalue weighted by atomic mass is 19.4. The quantitative estimate of drug-likeness (QED) is 0.878. The first-order chi connectivity index (χ1) is 12.3. The molecule has 1 N–H and O–H groups in total. The molecule has 0 aromatic carbocycles. The normalized spacial score (nSPS) is 17.5. The molecule has 0 radical (unpaired) electrons. The highest BCUT2D eigenvalue weighted by Gasteiger charge is 2.30. The lowest BCUT2D eigenvalue weighted by Crippen LogP contribution is -2.37. The molecule has 0 bridgehead atoms. The number of aromatic nitrogens is 4. The number of aryl methyl sites for hydroxylation is 2. The Hall–Kier alpha value is -2.16. The topological polar surface area (TPSA) is 67.1 Å². The number of aliphatic hydroxyl groups is 1. The second-order valence-electron chi connectivity index (χ2n) is 6.63. The zero-order chi connectivity index (χ0) is 18.7. The molecular weight excluding hydrogens is 347 g/mol. The van der Waals surface area contributed by atoms with E-state index >= 15 is 0 Å². The Morgan fingerprint density at radius 1 is 1.23 bits per heavy atom. The molecule has 2 aromatic rings. The van der Waals surface area contributed by atoms with Crippen LogP contribution < -0.4 is 4.90 Å². The molecule has 1 aliphatic rings. The van der Waals surface area contributed by atoms with Crippen molar-refractivity contribution in [1.82, 2.24) is 19.5 Å². The number of alkyl halides is 3. The van der Waals surface area contributed by atoms with Crippen LogP contribution in [0.1, 0.15) is 36.9 Å². The number of piperidine rings is 1. The van der Waals surface area contributed by atoms with Crippen molar-refractivity contribution in [3.8, 4) is 0 Å². The van der Waals surface area contributed by atoms with Gasteiger partial charge in [0, 0.05) is 50.8 Å². The number of nitrogens with zero attached hydrogens (tertiary/aromatic N) is 5. The van der Waals surface area contributed by atoms with E-state index < -0.39 is 18.7 Å². The Balaban J connectivity index is 1.59. The maximum atomic E-state index is 12.4. The molecule has 1 atom stereocenters. The minimum atomic E-state index is -4.19. The number of hydrogen-bond acceptors (Lipinski definition) is 5. The van der Waals surface area contributed by atoms with Gasteiger partial charge in [-0.2, -0.15) is 13.2 Å². The number of rotatable bonds is 5. The van der Waals surface area contributed by atoms with Crippen molar-refractivity contribution >= 4 is 5.95 Å². The zero-order valence-corrected chi connectivity index (χ0v) is 14.5. The molecule has 0 unspecified atom stereocenters. The minimum Gasteiger partial charge on any atom is -0.385 e. The molecule has 1 fully saturated rings. The molecular formula is C17H22F3N5O. The molecule has 3 rings (SSSR count). The smallest absolute Gasteiger partial charge is 0.385 e. The summed E-state index contributed by atoms with van der Waals surface area (Å²) in [6.07, 6.45) is 0.592. The van der Waals surface area contributed by atoms with Crippen LogP contribution in [0.2, 0.25) is 0 Å². The van der Waals surface area contributed by atoms with Crippen LogP contribution in [0, 0.1) is 5.92 Å². The number of anilines is 1. The molecule has 9 heteroatoms. The van der Waals surface area contributed by atoms with E-state index in [0.717, 1.165) is 12.8 Å². The number of halogens is 3. The Morgan fingerprint density at radius 2 is 1.96 bits per heavy atom. The van der Waals surface area contributed by atoms with Crippen LogP contribution in [0.3, 0.4) is 0 Å². The van der Waals surface area contributed by atoms with Gasteiger partial charge < -0.3 is 14.6 Å². The maximum absolute atomic E-state index is 12.4. The minimum absolute atomic E-state index is 0.0840. The van der Waals surface area contributed by atoms with Crippen LogP contribution in [0.25, 0.3) is 0 Å². The molecule has 0 amide bonds. The molecule has 142 valence electrons. The van der Waals surface area contributed by atoms with E-state index in [4.69, 9.17) is 0 Å². The van der Waals surface area contributed by atoms with E-state index in [-0.39, 0.29) is 12.3 Å². The molecule has 0 saturated carbocycles. The van der Waals surface area contributed by atoms with Crippen molar-refractivity contribution in [1.29, 1.82) is 0 Å². The fraction of sp³-hybridized carbons (Fsp3) is 0.588. The van der Waals surface area contributed by atoms with E-state index in [1.165, 1.54) is 12.3 Å². The summed E-state index contributed by atoms with van der Waals surface area (Å²) in [5.41, 5.74) is 0.391. The molecule has 26 heavy (non-hydrogen) atoms. The fourth-order valence-corrected chi connectivity index (χ4v) is 3.23. The summed E-state index contributed by atoms with van der Waals surface area (Å²) in [6.45, 7) is 1.30. The van der Waals surface area contributed by atoms with Crippen molar-refractivity contribution in [3.05, 3.63) is 36.2 Å². The molecule has 0 spiro atoms. The van der Waals surface area contributed by atoms with Gasteiger partial charge in [-0.05, 0) is 31.2 Å². The standard InChI is InChI=1S/C17H22F3N5O/c1-24-11-8-21-15(24)14(26)12-4-9-25(10-5-12)16-22-7-3-13(23-16)2-6-17(18,19)20/h3,7-8,11-12,14,26H,2,4-6,9-10H2,1H3/t14-/m0/s1. The van der Waals surface area contributed by atoms with Crippen molar-refractivity contribution in [3.63, 3.8) is 0 Å². The molecule has 1 aliphatic heterocycles. The zero-order valence-electron chi connectivity index (χ0n) is 14.5. The highest BCUT2D eigenvalue weighted by molar-refractivity contribution is 5.31. The van der Waals surface area contributed by atoms with E-state index in [0.29, 0.717) is 30.6 Å². The molecule has 0 aliphatic carbocycles. The average molecular weight is 369 g/mol.